The first-order valence-corrected chi connectivity index (χ1v) is 5.32. The van der Waals surface area contributed by atoms with E-state index in [-0.39, 0.29) is 5.56 Å². The first-order valence-electron chi connectivity index (χ1n) is 4.44. The summed E-state index contributed by atoms with van der Waals surface area (Å²) in [4.78, 5) is 23.3. The molecule has 0 aliphatic rings. The summed E-state index contributed by atoms with van der Waals surface area (Å²) in [6, 6.07) is 4.58. The SMILES string of the molecule is COC(=O)c1sccc1-n1ncccc1=O. The molecule has 6 heteroatoms. The zero-order chi connectivity index (χ0) is 11.5. The van der Waals surface area contributed by atoms with E-state index in [1.54, 1.807) is 17.5 Å². The molecule has 0 fully saturated rings. The molecule has 82 valence electrons. The van der Waals surface area contributed by atoms with Crippen LogP contribution in [0.15, 0.2) is 34.6 Å². The lowest BCUT2D eigenvalue weighted by atomic mass is 10.4. The molecule has 0 unspecified atom stereocenters. The van der Waals surface area contributed by atoms with Crippen LogP contribution in [-0.2, 0) is 4.74 Å². The minimum absolute atomic E-state index is 0.286. The molecule has 5 nitrogen and oxygen atoms in total. The Labute approximate surface area is 94.9 Å². The lowest BCUT2D eigenvalue weighted by Crippen LogP contribution is -2.20. The van der Waals surface area contributed by atoms with Gasteiger partial charge in [0.25, 0.3) is 5.56 Å². The molecule has 0 aromatic carbocycles. The molecule has 0 saturated carbocycles. The van der Waals surface area contributed by atoms with E-state index in [9.17, 15) is 9.59 Å². The third-order valence-corrected chi connectivity index (χ3v) is 2.84. The number of esters is 1. The maximum atomic E-state index is 11.5. The second-order valence-electron chi connectivity index (χ2n) is 2.90. The minimum atomic E-state index is -0.470. The van der Waals surface area contributed by atoms with Crippen LogP contribution in [0.2, 0.25) is 0 Å². The van der Waals surface area contributed by atoms with Crippen LogP contribution in [0.5, 0.6) is 0 Å². The Morgan fingerprint density at radius 1 is 1.50 bits per heavy atom. The molecule has 0 aliphatic carbocycles. The van der Waals surface area contributed by atoms with E-state index in [0.717, 1.165) is 0 Å². The summed E-state index contributed by atoms with van der Waals surface area (Å²) in [7, 11) is 1.30. The van der Waals surface area contributed by atoms with Crippen molar-refractivity contribution in [3.05, 3.63) is 45.0 Å². The number of hydrogen-bond acceptors (Lipinski definition) is 5. The Balaban J connectivity index is 2.58. The van der Waals surface area contributed by atoms with Crippen molar-refractivity contribution in [1.82, 2.24) is 9.78 Å². The van der Waals surface area contributed by atoms with Crippen molar-refractivity contribution in [1.29, 1.82) is 0 Å². The third-order valence-electron chi connectivity index (χ3n) is 1.96. The largest absolute Gasteiger partial charge is 0.465 e. The van der Waals surface area contributed by atoms with Crippen LogP contribution in [-0.4, -0.2) is 22.9 Å². The highest BCUT2D eigenvalue weighted by molar-refractivity contribution is 7.12. The number of methoxy groups -OCH3 is 1. The van der Waals surface area contributed by atoms with Crippen molar-refractivity contribution in [3.8, 4) is 5.69 Å². The average Bonchev–Trinajstić information content (AvgIpc) is 2.77. The van der Waals surface area contributed by atoms with E-state index in [1.165, 1.54) is 35.4 Å². The topological polar surface area (TPSA) is 61.2 Å². The van der Waals surface area contributed by atoms with E-state index >= 15 is 0 Å². The molecule has 0 spiro atoms. The number of ether oxygens (including phenoxy) is 1. The number of hydrogen-bond donors (Lipinski definition) is 0. The number of carbonyl (C=O) groups excluding carboxylic acids is 1. The van der Waals surface area contributed by atoms with Gasteiger partial charge in [0, 0.05) is 12.3 Å². The van der Waals surface area contributed by atoms with Crippen molar-refractivity contribution in [2.75, 3.05) is 7.11 Å². The van der Waals surface area contributed by atoms with Gasteiger partial charge in [-0.15, -0.1) is 11.3 Å². The summed E-state index contributed by atoms with van der Waals surface area (Å²) >= 11 is 1.21. The highest BCUT2D eigenvalue weighted by atomic mass is 32.1. The van der Waals surface area contributed by atoms with Crippen molar-refractivity contribution in [2.45, 2.75) is 0 Å². The minimum Gasteiger partial charge on any atom is -0.465 e. The third kappa shape index (κ3) is 1.74. The van der Waals surface area contributed by atoms with E-state index in [0.29, 0.717) is 10.6 Å². The second kappa shape index (κ2) is 4.28. The Bertz CT molecular complexity index is 573. The Morgan fingerprint density at radius 3 is 3.00 bits per heavy atom. The number of nitrogens with zero attached hydrogens (tertiary/aromatic N) is 2. The first-order chi connectivity index (χ1) is 7.74. The number of rotatable bonds is 2. The van der Waals surface area contributed by atoms with Crippen LogP contribution in [0.4, 0.5) is 0 Å². The van der Waals surface area contributed by atoms with Crippen LogP contribution >= 0.6 is 11.3 Å². The predicted octanol–water partition coefficient (Wildman–Crippen LogP) is 1.08. The van der Waals surface area contributed by atoms with Crippen molar-refractivity contribution < 1.29 is 9.53 Å². The van der Waals surface area contributed by atoms with Crippen LogP contribution in [0.3, 0.4) is 0 Å². The van der Waals surface area contributed by atoms with Gasteiger partial charge in [-0.05, 0) is 17.5 Å². The molecule has 0 radical (unpaired) electrons. The van der Waals surface area contributed by atoms with Gasteiger partial charge < -0.3 is 4.74 Å². The Kier molecular flexibility index (Phi) is 2.82. The van der Waals surface area contributed by atoms with Crippen molar-refractivity contribution in [3.63, 3.8) is 0 Å². The fraction of sp³-hybridized carbons (Fsp3) is 0.100. The summed E-state index contributed by atoms with van der Waals surface area (Å²) in [5.74, 6) is -0.470. The monoisotopic (exact) mass is 236 g/mol. The van der Waals surface area contributed by atoms with Crippen molar-refractivity contribution >= 4 is 17.3 Å². The van der Waals surface area contributed by atoms with Crippen LogP contribution in [0, 0.1) is 0 Å². The van der Waals surface area contributed by atoms with Gasteiger partial charge in [0.05, 0.1) is 12.8 Å². The Morgan fingerprint density at radius 2 is 2.31 bits per heavy atom. The van der Waals surface area contributed by atoms with Gasteiger partial charge in [-0.25, -0.2) is 4.79 Å². The van der Waals surface area contributed by atoms with E-state index in [4.69, 9.17) is 0 Å². The molecule has 0 saturated heterocycles. The molecule has 2 aromatic heterocycles. The molecule has 0 bridgehead atoms. The average molecular weight is 236 g/mol. The van der Waals surface area contributed by atoms with Crippen LogP contribution in [0.25, 0.3) is 5.69 Å². The number of aromatic nitrogens is 2. The van der Waals surface area contributed by atoms with E-state index in [1.807, 2.05) is 0 Å². The molecule has 0 N–H and O–H groups in total. The molecule has 2 heterocycles. The lowest BCUT2D eigenvalue weighted by molar-refractivity contribution is 0.0606. The predicted molar refractivity (Wildman–Crippen MR) is 59.1 cm³/mol. The van der Waals surface area contributed by atoms with E-state index in [2.05, 4.69) is 9.84 Å². The van der Waals surface area contributed by atoms with Gasteiger partial charge in [0.1, 0.15) is 4.88 Å². The summed E-state index contributed by atoms with van der Waals surface area (Å²) in [6.07, 6.45) is 1.49. The molecule has 0 aliphatic heterocycles. The fourth-order valence-electron chi connectivity index (χ4n) is 1.25. The van der Waals surface area contributed by atoms with Gasteiger partial charge >= 0.3 is 5.97 Å². The molecule has 0 atom stereocenters. The maximum absolute atomic E-state index is 11.5. The fourth-order valence-corrected chi connectivity index (χ4v) is 2.04. The Hall–Kier alpha value is -1.95. The zero-order valence-corrected chi connectivity index (χ0v) is 9.23. The molecule has 2 aromatic rings. The van der Waals surface area contributed by atoms with Crippen LogP contribution in [0.1, 0.15) is 9.67 Å². The normalized spacial score (nSPS) is 10.1. The van der Waals surface area contributed by atoms with Gasteiger partial charge in [0.2, 0.25) is 0 Å². The number of thiophene rings is 1. The second-order valence-corrected chi connectivity index (χ2v) is 3.82. The molecular formula is C10H8N2O3S. The highest BCUT2D eigenvalue weighted by Gasteiger charge is 2.16. The zero-order valence-electron chi connectivity index (χ0n) is 8.41. The van der Waals surface area contributed by atoms with Gasteiger partial charge in [-0.1, -0.05) is 0 Å². The lowest BCUT2D eigenvalue weighted by Gasteiger charge is -2.03. The molecule has 16 heavy (non-hydrogen) atoms. The van der Waals surface area contributed by atoms with Crippen LogP contribution < -0.4 is 5.56 Å². The van der Waals surface area contributed by atoms with Gasteiger partial charge in [0.15, 0.2) is 0 Å². The standard InChI is InChI=1S/C10H8N2O3S/c1-15-10(14)9-7(4-6-16-9)12-8(13)3-2-5-11-12/h2-6H,1H3. The summed E-state index contributed by atoms with van der Waals surface area (Å²) < 4.78 is 5.79. The number of carbonyl (C=O) groups is 1. The molecule has 2 rings (SSSR count). The highest BCUT2D eigenvalue weighted by Crippen LogP contribution is 2.19. The van der Waals surface area contributed by atoms with E-state index < -0.39 is 5.97 Å². The van der Waals surface area contributed by atoms with Gasteiger partial charge in [-0.2, -0.15) is 9.78 Å². The van der Waals surface area contributed by atoms with Gasteiger partial charge in [-0.3, -0.25) is 4.79 Å². The summed E-state index contributed by atoms with van der Waals surface area (Å²) in [5.41, 5.74) is 0.161. The summed E-state index contributed by atoms with van der Waals surface area (Å²) in [5, 5.41) is 5.61. The maximum Gasteiger partial charge on any atom is 0.350 e. The van der Waals surface area contributed by atoms with Crippen molar-refractivity contribution in [2.24, 2.45) is 0 Å². The molecular weight excluding hydrogens is 228 g/mol. The smallest absolute Gasteiger partial charge is 0.350 e. The molecule has 0 amide bonds. The quantitative estimate of drug-likeness (QED) is 0.732. The first kappa shape index (κ1) is 10.6. The summed E-state index contributed by atoms with van der Waals surface area (Å²) in [6.45, 7) is 0.